The molecule has 0 aliphatic carbocycles. The molecule has 0 spiro atoms. The van der Waals surface area contributed by atoms with Gasteiger partial charge >= 0.3 is 11.9 Å². The van der Waals surface area contributed by atoms with E-state index in [0.717, 1.165) is 96.3 Å². The molecule has 312 valence electrons. The first-order valence-electron chi connectivity index (χ1n) is 21.9. The van der Waals surface area contributed by atoms with Crippen molar-refractivity contribution in [3.63, 3.8) is 0 Å². The summed E-state index contributed by atoms with van der Waals surface area (Å²) < 4.78 is 5.89. The maximum absolute atomic E-state index is 12.7. The third-order valence-electron chi connectivity index (χ3n) is 9.18. The molecule has 0 saturated carbocycles. The normalized spacial score (nSPS) is 13.5. The minimum atomic E-state index is -1.02. The van der Waals surface area contributed by atoms with Crippen molar-refractivity contribution in [2.24, 2.45) is 5.73 Å². The Kier molecular flexibility index (Phi) is 39.1. The van der Waals surface area contributed by atoms with Gasteiger partial charge in [-0.05, 0) is 109 Å². The number of ether oxygens (including phenoxy) is 1. The van der Waals surface area contributed by atoms with E-state index in [1.165, 1.54) is 38.5 Å². The Morgan fingerprint density at radius 1 is 0.564 bits per heavy atom. The van der Waals surface area contributed by atoms with Crippen LogP contribution in [0.5, 0.6) is 0 Å². The van der Waals surface area contributed by atoms with Crippen molar-refractivity contribution in [3.8, 4) is 0 Å². The molecule has 7 nitrogen and oxygen atoms in total. The predicted molar refractivity (Wildman–Crippen MR) is 234 cm³/mol. The van der Waals surface area contributed by atoms with Gasteiger partial charge in [0.1, 0.15) is 12.1 Å². The van der Waals surface area contributed by atoms with Crippen LogP contribution in [0.4, 0.5) is 0 Å². The Morgan fingerprint density at radius 2 is 1.05 bits per heavy atom. The second-order valence-electron chi connectivity index (χ2n) is 14.4. The van der Waals surface area contributed by atoms with Crippen LogP contribution in [0.1, 0.15) is 181 Å². The van der Waals surface area contributed by atoms with Crippen LogP contribution in [0, 0.1) is 0 Å². The molecule has 0 aromatic heterocycles. The first-order chi connectivity index (χ1) is 26.9. The third-order valence-corrected chi connectivity index (χ3v) is 9.18. The molecular formula is C48H80N2O5. The summed E-state index contributed by atoms with van der Waals surface area (Å²) in [6.45, 7) is 4.75. The monoisotopic (exact) mass is 765 g/mol. The number of carboxylic acids is 1. The van der Waals surface area contributed by atoms with Crippen molar-refractivity contribution in [1.82, 2.24) is 5.32 Å². The highest BCUT2D eigenvalue weighted by Gasteiger charge is 2.19. The Morgan fingerprint density at radius 3 is 1.62 bits per heavy atom. The number of nitrogens with two attached hydrogens (primary N) is 1. The van der Waals surface area contributed by atoms with E-state index in [1.807, 2.05) is 6.08 Å². The number of unbranched alkanes of at least 4 members (excludes halogenated alkanes) is 12. The van der Waals surface area contributed by atoms with Crippen LogP contribution in [0.2, 0.25) is 0 Å². The number of carboxylic acid groups (broad SMARTS) is 1. The van der Waals surface area contributed by atoms with E-state index in [2.05, 4.69) is 98.2 Å². The minimum absolute atomic E-state index is 0.121. The summed E-state index contributed by atoms with van der Waals surface area (Å²) in [5, 5.41) is 11.9. The zero-order valence-corrected chi connectivity index (χ0v) is 35.0. The summed E-state index contributed by atoms with van der Waals surface area (Å²) in [6.07, 6.45) is 55.1. The molecule has 0 aromatic rings. The number of esters is 1. The van der Waals surface area contributed by atoms with E-state index in [9.17, 15) is 19.5 Å². The lowest BCUT2D eigenvalue weighted by Gasteiger charge is -2.15. The molecule has 0 rings (SSSR count). The van der Waals surface area contributed by atoms with Gasteiger partial charge in [-0.1, -0.05) is 151 Å². The van der Waals surface area contributed by atoms with Gasteiger partial charge in [0.05, 0.1) is 0 Å². The fourth-order valence-electron chi connectivity index (χ4n) is 5.88. The van der Waals surface area contributed by atoms with Crippen molar-refractivity contribution in [1.29, 1.82) is 0 Å². The highest BCUT2D eigenvalue weighted by Crippen LogP contribution is 2.15. The van der Waals surface area contributed by atoms with E-state index >= 15 is 0 Å². The lowest BCUT2D eigenvalue weighted by Crippen LogP contribution is -2.40. The molecule has 0 fully saturated rings. The molecule has 2 atom stereocenters. The molecule has 4 N–H and O–H groups in total. The average molecular weight is 765 g/mol. The SMILES string of the molecule is CC/C=C\C/C=C\C/C=C\C/C=C\C/C=C\CCCCCCCCCC(=O)OC(/C=C\C/C=C\CCCC)CCCCCCC(=O)NC(CCCN)C(=O)O. The number of rotatable bonds is 38. The average Bonchev–Trinajstić information content (AvgIpc) is 3.17. The number of allylic oxidation sites excluding steroid dienone is 13. The zero-order valence-electron chi connectivity index (χ0n) is 35.0. The van der Waals surface area contributed by atoms with Crippen LogP contribution < -0.4 is 11.1 Å². The molecule has 0 aliphatic heterocycles. The number of hydrogen-bond donors (Lipinski definition) is 3. The first kappa shape index (κ1) is 51.5. The molecule has 0 saturated heterocycles. The van der Waals surface area contributed by atoms with Gasteiger partial charge in [-0.15, -0.1) is 0 Å². The van der Waals surface area contributed by atoms with Crippen LogP contribution in [0.15, 0.2) is 85.1 Å². The van der Waals surface area contributed by atoms with Crippen molar-refractivity contribution < 1.29 is 24.2 Å². The molecule has 0 aliphatic rings. The van der Waals surface area contributed by atoms with Crippen LogP contribution >= 0.6 is 0 Å². The van der Waals surface area contributed by atoms with E-state index in [1.54, 1.807) is 0 Å². The smallest absolute Gasteiger partial charge is 0.326 e. The fraction of sp³-hybridized carbons (Fsp3) is 0.646. The van der Waals surface area contributed by atoms with E-state index in [0.29, 0.717) is 38.6 Å². The van der Waals surface area contributed by atoms with Gasteiger partial charge in [0.2, 0.25) is 5.91 Å². The molecule has 1 amide bonds. The van der Waals surface area contributed by atoms with Crippen LogP contribution in [0.25, 0.3) is 0 Å². The van der Waals surface area contributed by atoms with Gasteiger partial charge < -0.3 is 20.9 Å². The molecule has 55 heavy (non-hydrogen) atoms. The topological polar surface area (TPSA) is 119 Å². The summed E-state index contributed by atoms with van der Waals surface area (Å²) in [4.78, 5) is 36.3. The minimum Gasteiger partial charge on any atom is -0.480 e. The number of amides is 1. The van der Waals surface area contributed by atoms with E-state index in [4.69, 9.17) is 10.5 Å². The summed E-state index contributed by atoms with van der Waals surface area (Å²) in [7, 11) is 0. The van der Waals surface area contributed by atoms with Gasteiger partial charge in [0.15, 0.2) is 0 Å². The van der Waals surface area contributed by atoms with Gasteiger partial charge in [-0.25, -0.2) is 4.79 Å². The largest absolute Gasteiger partial charge is 0.480 e. The molecule has 0 radical (unpaired) electrons. The Bertz CT molecular complexity index is 1130. The molecule has 0 heterocycles. The summed E-state index contributed by atoms with van der Waals surface area (Å²) in [6, 6.07) is -0.879. The Labute approximate surface area is 336 Å². The van der Waals surface area contributed by atoms with Gasteiger partial charge in [0, 0.05) is 12.8 Å². The van der Waals surface area contributed by atoms with Gasteiger partial charge in [0.25, 0.3) is 0 Å². The predicted octanol–water partition coefficient (Wildman–Crippen LogP) is 12.5. The number of carbonyl (C=O) groups excluding carboxylic acids is 2. The number of aliphatic carboxylic acids is 1. The number of nitrogens with one attached hydrogen (secondary N) is 1. The maximum atomic E-state index is 12.7. The molecule has 7 heteroatoms. The molecule has 0 aromatic carbocycles. The quantitative estimate of drug-likeness (QED) is 0.0327. The van der Waals surface area contributed by atoms with Crippen molar-refractivity contribution in [3.05, 3.63) is 85.1 Å². The Balaban J connectivity index is 4.19. The fourth-order valence-corrected chi connectivity index (χ4v) is 5.88. The van der Waals surface area contributed by atoms with Crippen LogP contribution in [-0.2, 0) is 19.1 Å². The third kappa shape index (κ3) is 38.6. The van der Waals surface area contributed by atoms with Crippen LogP contribution in [-0.4, -0.2) is 41.6 Å². The first-order valence-corrected chi connectivity index (χ1v) is 21.9. The van der Waals surface area contributed by atoms with Gasteiger partial charge in [-0.3, -0.25) is 9.59 Å². The molecule has 2 unspecified atom stereocenters. The lowest BCUT2D eigenvalue weighted by atomic mass is 10.1. The number of carbonyl (C=O) groups is 3. The van der Waals surface area contributed by atoms with Crippen molar-refractivity contribution in [2.75, 3.05) is 6.54 Å². The highest BCUT2D eigenvalue weighted by atomic mass is 16.5. The van der Waals surface area contributed by atoms with Crippen LogP contribution in [0.3, 0.4) is 0 Å². The van der Waals surface area contributed by atoms with Gasteiger partial charge in [-0.2, -0.15) is 0 Å². The zero-order chi connectivity index (χ0) is 40.3. The Hall–Kier alpha value is -3.45. The summed E-state index contributed by atoms with van der Waals surface area (Å²) >= 11 is 0. The van der Waals surface area contributed by atoms with E-state index in [-0.39, 0.29) is 18.0 Å². The second kappa shape index (κ2) is 41.7. The van der Waals surface area contributed by atoms with Crippen molar-refractivity contribution in [2.45, 2.75) is 193 Å². The standard InChI is InChI=1S/C48H80N2O5/c1-3-5-7-9-11-12-13-14-15-16-17-18-19-20-21-22-23-24-25-26-28-30-36-42-47(52)55-44(38-33-29-27-10-8-6-4-2)39-34-31-32-35-41-46(51)50-45(48(53)54)40-37-43-49/h5,7,10-12,14-15,17-18,20-21,27,33,38,44-45H,3-4,6,8-9,13,16,19,22-26,28-32,34-37,39-43,49H2,1-2H3,(H,50,51)(H,53,54)/b7-5-,12-11-,15-14-,18-17-,21-20-,27-10-,38-33-. The summed E-state index contributed by atoms with van der Waals surface area (Å²) in [5.41, 5.74) is 5.48. The highest BCUT2D eigenvalue weighted by molar-refractivity contribution is 5.83. The summed E-state index contributed by atoms with van der Waals surface area (Å²) in [5.74, 6) is -1.38. The van der Waals surface area contributed by atoms with Crippen molar-refractivity contribution >= 4 is 17.8 Å². The van der Waals surface area contributed by atoms with E-state index < -0.39 is 12.0 Å². The molecular weight excluding hydrogens is 685 g/mol. The lowest BCUT2D eigenvalue weighted by molar-refractivity contribution is -0.147. The maximum Gasteiger partial charge on any atom is 0.326 e. The molecule has 0 bridgehead atoms. The number of hydrogen-bond acceptors (Lipinski definition) is 5. The second-order valence-corrected chi connectivity index (χ2v) is 14.4.